The Bertz CT molecular complexity index is 1030. The Morgan fingerprint density at radius 2 is 1.73 bits per heavy atom. The molecule has 0 spiro atoms. The molecule has 8 nitrogen and oxygen atoms in total. The highest BCUT2D eigenvalue weighted by Gasteiger charge is 2.18. The first-order valence-electron chi connectivity index (χ1n) is 9.01. The van der Waals surface area contributed by atoms with Gasteiger partial charge in [0.25, 0.3) is 0 Å². The number of benzene rings is 2. The van der Waals surface area contributed by atoms with E-state index in [2.05, 4.69) is 4.72 Å². The van der Waals surface area contributed by atoms with Gasteiger partial charge in [-0.05, 0) is 43.0 Å². The summed E-state index contributed by atoms with van der Waals surface area (Å²) in [5.41, 5.74) is 1.38. The Kier molecular flexibility index (Phi) is 7.85. The summed E-state index contributed by atoms with van der Waals surface area (Å²) in [6, 6.07) is 10.0. The van der Waals surface area contributed by atoms with Gasteiger partial charge >= 0.3 is 0 Å². The molecule has 162 valence electrons. The van der Waals surface area contributed by atoms with Crippen molar-refractivity contribution in [2.75, 3.05) is 35.4 Å². The van der Waals surface area contributed by atoms with Crippen LogP contribution < -0.4 is 18.9 Å². The summed E-state index contributed by atoms with van der Waals surface area (Å²) in [5.74, 6) is 1.25. The minimum atomic E-state index is -3.70. The molecule has 0 aliphatic rings. The van der Waals surface area contributed by atoms with Crippen LogP contribution in [-0.2, 0) is 21.4 Å². The highest BCUT2D eigenvalue weighted by atomic mass is 32.2. The number of nitrogens with one attached hydrogen (secondary N) is 1. The highest BCUT2D eigenvalue weighted by molar-refractivity contribution is 7.89. The second-order valence-electron chi connectivity index (χ2n) is 6.32. The standard InChI is InChI=1S/C21H26N2O6S/c1-22-30(25,26)20-12-15(6-10-18(20)28-4)7-11-21(24)23(2)14-16-8-9-17(27-3)13-19(16)29-5/h6-13,22H,14H2,1-5H3/b11-7+. The van der Waals surface area contributed by atoms with Gasteiger partial charge in [-0.15, -0.1) is 0 Å². The molecule has 0 unspecified atom stereocenters. The molecule has 0 aliphatic carbocycles. The number of carbonyl (C=O) groups excluding carboxylic acids is 1. The quantitative estimate of drug-likeness (QED) is 0.609. The van der Waals surface area contributed by atoms with Crippen molar-refractivity contribution < 1.29 is 27.4 Å². The number of nitrogens with zero attached hydrogens (tertiary/aromatic N) is 1. The molecular formula is C21H26N2O6S. The van der Waals surface area contributed by atoms with E-state index < -0.39 is 10.0 Å². The zero-order valence-corrected chi connectivity index (χ0v) is 18.4. The largest absolute Gasteiger partial charge is 0.497 e. The lowest BCUT2D eigenvalue weighted by Gasteiger charge is -2.18. The number of likely N-dealkylation sites (N-methyl/N-ethyl adjacent to an activating group) is 1. The maximum Gasteiger partial charge on any atom is 0.246 e. The maximum absolute atomic E-state index is 12.5. The number of amides is 1. The average Bonchev–Trinajstić information content (AvgIpc) is 2.77. The van der Waals surface area contributed by atoms with Crippen molar-refractivity contribution >= 4 is 22.0 Å². The molecule has 2 aromatic carbocycles. The van der Waals surface area contributed by atoms with Gasteiger partial charge in [-0.2, -0.15) is 0 Å². The molecule has 0 heterocycles. The lowest BCUT2D eigenvalue weighted by Crippen LogP contribution is -2.24. The van der Waals surface area contributed by atoms with E-state index in [4.69, 9.17) is 14.2 Å². The predicted octanol–water partition coefficient (Wildman–Crippen LogP) is 2.29. The van der Waals surface area contributed by atoms with E-state index in [1.807, 2.05) is 6.07 Å². The third-order valence-electron chi connectivity index (χ3n) is 4.44. The zero-order valence-electron chi connectivity index (χ0n) is 17.6. The van der Waals surface area contributed by atoms with Crippen LogP contribution in [0.15, 0.2) is 47.4 Å². The van der Waals surface area contributed by atoms with Crippen molar-refractivity contribution in [2.24, 2.45) is 0 Å². The molecule has 0 atom stereocenters. The van der Waals surface area contributed by atoms with Crippen LogP contribution in [0.1, 0.15) is 11.1 Å². The van der Waals surface area contributed by atoms with Crippen LogP contribution in [0.25, 0.3) is 6.08 Å². The number of sulfonamides is 1. The summed E-state index contributed by atoms with van der Waals surface area (Å²) in [5, 5.41) is 0. The van der Waals surface area contributed by atoms with Gasteiger partial charge < -0.3 is 19.1 Å². The fourth-order valence-corrected chi connectivity index (χ4v) is 3.65. The average molecular weight is 435 g/mol. The Morgan fingerprint density at radius 1 is 1.03 bits per heavy atom. The minimum absolute atomic E-state index is 0.00146. The molecule has 1 amide bonds. The van der Waals surface area contributed by atoms with Crippen LogP contribution >= 0.6 is 0 Å². The third-order valence-corrected chi connectivity index (χ3v) is 5.88. The molecule has 0 fully saturated rings. The van der Waals surface area contributed by atoms with Gasteiger partial charge in [-0.25, -0.2) is 13.1 Å². The van der Waals surface area contributed by atoms with Gasteiger partial charge in [0, 0.05) is 31.3 Å². The van der Waals surface area contributed by atoms with E-state index in [0.717, 1.165) is 5.56 Å². The van der Waals surface area contributed by atoms with E-state index in [9.17, 15) is 13.2 Å². The smallest absolute Gasteiger partial charge is 0.246 e. The number of ether oxygens (including phenoxy) is 3. The summed E-state index contributed by atoms with van der Waals surface area (Å²) in [4.78, 5) is 14.0. The zero-order chi connectivity index (χ0) is 22.3. The van der Waals surface area contributed by atoms with E-state index in [0.29, 0.717) is 23.6 Å². The van der Waals surface area contributed by atoms with Crippen LogP contribution in [0.3, 0.4) is 0 Å². The molecule has 9 heteroatoms. The predicted molar refractivity (Wildman–Crippen MR) is 114 cm³/mol. The van der Waals surface area contributed by atoms with Crippen molar-refractivity contribution in [3.05, 3.63) is 53.6 Å². The van der Waals surface area contributed by atoms with Crippen LogP contribution in [0.2, 0.25) is 0 Å². The van der Waals surface area contributed by atoms with Gasteiger partial charge in [0.2, 0.25) is 15.9 Å². The monoisotopic (exact) mass is 434 g/mol. The Hall–Kier alpha value is -3.04. The summed E-state index contributed by atoms with van der Waals surface area (Å²) >= 11 is 0. The Balaban J connectivity index is 2.19. The van der Waals surface area contributed by atoms with Crippen LogP contribution in [0.4, 0.5) is 0 Å². The van der Waals surface area contributed by atoms with Gasteiger partial charge in [0.05, 0.1) is 21.3 Å². The van der Waals surface area contributed by atoms with Crippen molar-refractivity contribution in [1.82, 2.24) is 9.62 Å². The molecule has 2 aromatic rings. The molecule has 0 radical (unpaired) electrons. The summed E-state index contributed by atoms with van der Waals surface area (Å²) < 4.78 is 42.3. The SMILES string of the molecule is CNS(=O)(=O)c1cc(/C=C/C(=O)N(C)Cc2ccc(OC)cc2OC)ccc1OC. The minimum Gasteiger partial charge on any atom is -0.497 e. The highest BCUT2D eigenvalue weighted by Crippen LogP contribution is 2.26. The Morgan fingerprint density at radius 3 is 2.33 bits per heavy atom. The summed E-state index contributed by atoms with van der Waals surface area (Å²) in [6.07, 6.45) is 2.94. The van der Waals surface area contributed by atoms with E-state index in [-0.39, 0.29) is 16.6 Å². The normalized spacial score (nSPS) is 11.4. The number of hydrogen-bond acceptors (Lipinski definition) is 6. The molecule has 1 N–H and O–H groups in total. The van der Waals surface area contributed by atoms with Crippen molar-refractivity contribution in [1.29, 1.82) is 0 Å². The first-order valence-corrected chi connectivity index (χ1v) is 10.5. The summed E-state index contributed by atoms with van der Waals surface area (Å²) in [7, 11) is 3.81. The van der Waals surface area contributed by atoms with Gasteiger partial charge in [0.15, 0.2) is 0 Å². The number of methoxy groups -OCH3 is 3. The lowest BCUT2D eigenvalue weighted by atomic mass is 10.1. The number of carbonyl (C=O) groups is 1. The topological polar surface area (TPSA) is 94.2 Å². The maximum atomic E-state index is 12.5. The molecule has 0 saturated carbocycles. The molecular weight excluding hydrogens is 408 g/mol. The number of hydrogen-bond donors (Lipinski definition) is 1. The van der Waals surface area contributed by atoms with Gasteiger partial charge in [0.1, 0.15) is 22.1 Å². The van der Waals surface area contributed by atoms with E-state index in [1.54, 1.807) is 51.6 Å². The fourth-order valence-electron chi connectivity index (χ4n) is 2.73. The van der Waals surface area contributed by atoms with Crippen LogP contribution in [0.5, 0.6) is 17.2 Å². The molecule has 0 aliphatic heterocycles. The second kappa shape index (κ2) is 10.1. The fraction of sp³-hybridized carbons (Fsp3) is 0.286. The van der Waals surface area contributed by atoms with E-state index in [1.165, 1.54) is 31.2 Å². The van der Waals surface area contributed by atoms with Crippen molar-refractivity contribution in [2.45, 2.75) is 11.4 Å². The lowest BCUT2D eigenvalue weighted by molar-refractivity contribution is -0.125. The molecule has 30 heavy (non-hydrogen) atoms. The van der Waals surface area contributed by atoms with Gasteiger partial charge in [-0.3, -0.25) is 4.79 Å². The van der Waals surface area contributed by atoms with Crippen LogP contribution in [0, 0.1) is 0 Å². The van der Waals surface area contributed by atoms with Crippen molar-refractivity contribution in [3.63, 3.8) is 0 Å². The van der Waals surface area contributed by atoms with Crippen molar-refractivity contribution in [3.8, 4) is 17.2 Å². The first-order chi connectivity index (χ1) is 14.2. The first kappa shape index (κ1) is 23.2. The molecule has 2 rings (SSSR count). The van der Waals surface area contributed by atoms with Gasteiger partial charge in [-0.1, -0.05) is 6.07 Å². The molecule has 0 bridgehead atoms. The molecule has 0 saturated heterocycles. The number of rotatable bonds is 9. The third kappa shape index (κ3) is 5.52. The Labute approximate surface area is 177 Å². The van der Waals surface area contributed by atoms with Crippen LogP contribution in [-0.4, -0.2) is 54.6 Å². The second-order valence-corrected chi connectivity index (χ2v) is 8.18. The summed E-state index contributed by atoms with van der Waals surface area (Å²) in [6.45, 7) is 0.332. The van der Waals surface area contributed by atoms with E-state index >= 15 is 0 Å². The molecule has 0 aromatic heterocycles.